The maximum absolute atomic E-state index is 11.7. The van der Waals surface area contributed by atoms with Gasteiger partial charge in [0.15, 0.2) is 0 Å². The first kappa shape index (κ1) is 11.4. The third-order valence-corrected chi connectivity index (χ3v) is 0.490. The second-order valence-electron chi connectivity index (χ2n) is 0.838. The molecule has 0 aromatic rings. The summed E-state index contributed by atoms with van der Waals surface area (Å²) in [6.07, 6.45) is 0. The van der Waals surface area contributed by atoms with Crippen molar-refractivity contribution in [2.45, 2.75) is 0 Å². The van der Waals surface area contributed by atoms with E-state index in [1.54, 1.807) is 0 Å². The van der Waals surface area contributed by atoms with Crippen molar-refractivity contribution >= 4 is 35.2 Å². The molecule has 0 N–H and O–H groups in total. The number of rotatable bonds is 2. The predicted octanol–water partition coefficient (Wildman–Crippen LogP) is 1.10. The van der Waals surface area contributed by atoms with Gasteiger partial charge in [0.2, 0.25) is 0 Å². The van der Waals surface area contributed by atoms with Crippen molar-refractivity contribution in [1.82, 2.24) is 0 Å². The molecule has 0 aromatic heterocycles. The quantitative estimate of drug-likeness (QED) is 0.359. The summed E-state index contributed by atoms with van der Waals surface area (Å²) in [5, 5.41) is 1.34. The Morgan fingerprint density at radius 1 is 1.78 bits per heavy atom. The zero-order valence-electron chi connectivity index (χ0n) is 4.43. The highest BCUT2D eigenvalue weighted by Crippen LogP contribution is 1.87. The van der Waals surface area contributed by atoms with Crippen LogP contribution in [0.2, 0.25) is 0 Å². The van der Waals surface area contributed by atoms with Gasteiger partial charge < -0.3 is 4.84 Å². The largest absolute Gasteiger partial charge is 0.397 e. The first-order valence-corrected chi connectivity index (χ1v) is 2.02. The van der Waals surface area contributed by atoms with Crippen LogP contribution in [-0.4, -0.2) is 18.3 Å². The molecule has 0 spiro atoms. The average molecular weight is 176 g/mol. The molecule has 54 valence electrons. The van der Waals surface area contributed by atoms with Gasteiger partial charge >= 0.3 is 11.2 Å². The van der Waals surface area contributed by atoms with Gasteiger partial charge in [-0.05, 0) is 16.8 Å². The van der Waals surface area contributed by atoms with E-state index in [0.717, 1.165) is 7.11 Å². The molecule has 0 saturated carbocycles. The molecule has 0 saturated heterocycles. The summed E-state index contributed by atoms with van der Waals surface area (Å²) in [6.45, 7) is 0. The molecule has 0 unspecified atom stereocenters. The Balaban J connectivity index is 0. The fraction of sp³-hybridized carbons (Fsp3) is 0.333. The summed E-state index contributed by atoms with van der Waals surface area (Å²) in [5.74, 6) is -1.34. The molecule has 9 heavy (non-hydrogen) atoms. The molecule has 0 radical (unpaired) electrons. The van der Waals surface area contributed by atoms with Crippen molar-refractivity contribution in [2.75, 3.05) is 7.11 Å². The molecular weight excluding hydrogens is 172 g/mol. The van der Waals surface area contributed by atoms with Crippen molar-refractivity contribution < 1.29 is 14.0 Å². The topological polar surface area (TPSA) is 38.7 Å². The summed E-state index contributed by atoms with van der Waals surface area (Å²) < 4.78 is 11.7. The van der Waals surface area contributed by atoms with Crippen LogP contribution >= 0.6 is 24.0 Å². The lowest BCUT2D eigenvalue weighted by Gasteiger charge is -1.83. The summed E-state index contributed by atoms with van der Waals surface area (Å²) in [6, 6.07) is 0. The maximum Gasteiger partial charge on any atom is 0.308 e. The molecule has 0 aliphatic carbocycles. The Hall–Kier alpha value is -0.350. The van der Waals surface area contributed by atoms with Crippen LogP contribution in [0.5, 0.6) is 0 Å². The van der Waals surface area contributed by atoms with E-state index in [-0.39, 0.29) is 12.4 Å². The van der Waals surface area contributed by atoms with Crippen LogP contribution in [-0.2, 0) is 9.63 Å². The molecular formula is C3H4Cl2FNO2. The normalized spacial score (nSPS) is 9.89. The zero-order valence-corrected chi connectivity index (χ0v) is 6.00. The van der Waals surface area contributed by atoms with Crippen LogP contribution in [0.4, 0.5) is 4.39 Å². The minimum absolute atomic E-state index is 0. The van der Waals surface area contributed by atoms with E-state index in [1.165, 1.54) is 0 Å². The van der Waals surface area contributed by atoms with Gasteiger partial charge in [0.25, 0.3) is 0 Å². The number of oxime groups is 1. The monoisotopic (exact) mass is 175 g/mol. The summed E-state index contributed by atoms with van der Waals surface area (Å²) >= 11 is 4.58. The Labute approximate surface area is 62.2 Å². The fourth-order valence-corrected chi connectivity index (χ4v) is 0.151. The van der Waals surface area contributed by atoms with Crippen LogP contribution in [0.25, 0.3) is 0 Å². The second-order valence-corrected chi connectivity index (χ2v) is 1.18. The fourth-order valence-electron chi connectivity index (χ4n) is 0.116. The van der Waals surface area contributed by atoms with Gasteiger partial charge in [-0.2, -0.15) is 4.39 Å². The summed E-state index contributed by atoms with van der Waals surface area (Å²) in [5.41, 5.74) is 0. The molecule has 0 amide bonds. The van der Waals surface area contributed by atoms with Crippen molar-refractivity contribution in [3.63, 3.8) is 0 Å². The Kier molecular flexibility index (Phi) is 7.35. The molecule has 0 aliphatic heterocycles. The zero-order chi connectivity index (χ0) is 6.57. The highest BCUT2D eigenvalue weighted by Gasteiger charge is 2.04. The number of carbonyl (C=O) groups excluding carboxylic acids is 1. The molecule has 0 aromatic carbocycles. The van der Waals surface area contributed by atoms with E-state index in [1.807, 2.05) is 0 Å². The van der Waals surface area contributed by atoms with Crippen molar-refractivity contribution in [2.24, 2.45) is 5.16 Å². The number of carbonyl (C=O) groups is 1. The highest BCUT2D eigenvalue weighted by atomic mass is 35.5. The van der Waals surface area contributed by atoms with E-state index in [4.69, 9.17) is 0 Å². The highest BCUT2D eigenvalue weighted by molar-refractivity contribution is 6.80. The van der Waals surface area contributed by atoms with E-state index >= 15 is 0 Å². The predicted molar refractivity (Wildman–Crippen MR) is 33.7 cm³/mol. The third-order valence-electron chi connectivity index (χ3n) is 0.334. The van der Waals surface area contributed by atoms with Gasteiger partial charge in [-0.25, -0.2) is 0 Å². The summed E-state index contributed by atoms with van der Waals surface area (Å²) in [7, 11) is 1.11. The molecule has 0 fully saturated rings. The number of halogens is 3. The maximum atomic E-state index is 11.7. The van der Waals surface area contributed by atoms with Crippen molar-refractivity contribution in [3.05, 3.63) is 0 Å². The number of hydrogen-bond donors (Lipinski definition) is 0. The van der Waals surface area contributed by atoms with E-state index in [2.05, 4.69) is 21.6 Å². The van der Waals surface area contributed by atoms with Gasteiger partial charge in [0, 0.05) is 0 Å². The summed E-state index contributed by atoms with van der Waals surface area (Å²) in [4.78, 5) is 13.6. The van der Waals surface area contributed by atoms with Crippen LogP contribution in [0.15, 0.2) is 5.16 Å². The lowest BCUT2D eigenvalue weighted by atomic mass is 10.8. The lowest BCUT2D eigenvalue weighted by molar-refractivity contribution is -0.107. The minimum atomic E-state index is -1.34. The molecule has 0 aliphatic rings. The molecule has 6 heteroatoms. The van der Waals surface area contributed by atoms with Gasteiger partial charge in [0.1, 0.15) is 7.11 Å². The molecule has 0 bridgehead atoms. The molecule has 0 atom stereocenters. The minimum Gasteiger partial charge on any atom is -0.397 e. The van der Waals surface area contributed by atoms with Crippen LogP contribution < -0.4 is 0 Å². The van der Waals surface area contributed by atoms with Gasteiger partial charge in [-0.1, -0.05) is 0 Å². The Bertz CT molecular complexity index is 127. The standard InChI is InChI=1S/C3H3ClFNO2.ClH/c1-8-6-3(5)2(4)7;/h1H3;1H/b6-3-;. The first-order valence-electron chi connectivity index (χ1n) is 1.65. The Morgan fingerprint density at radius 2 is 2.22 bits per heavy atom. The SMILES string of the molecule is CO/N=C(\F)C(=O)Cl.Cl. The van der Waals surface area contributed by atoms with E-state index in [9.17, 15) is 9.18 Å². The molecule has 3 nitrogen and oxygen atoms in total. The van der Waals surface area contributed by atoms with Gasteiger partial charge in [0.05, 0.1) is 0 Å². The number of nitrogens with zero attached hydrogens (tertiary/aromatic N) is 1. The van der Waals surface area contributed by atoms with Crippen LogP contribution in [0, 0.1) is 0 Å². The van der Waals surface area contributed by atoms with E-state index in [0.29, 0.717) is 0 Å². The number of hydrogen-bond acceptors (Lipinski definition) is 3. The van der Waals surface area contributed by atoms with Crippen LogP contribution in [0.1, 0.15) is 0 Å². The second kappa shape index (κ2) is 5.78. The molecule has 0 rings (SSSR count). The van der Waals surface area contributed by atoms with E-state index < -0.39 is 11.2 Å². The average Bonchev–Trinajstić information content (AvgIpc) is 1.67. The third kappa shape index (κ3) is 5.52. The van der Waals surface area contributed by atoms with Gasteiger partial charge in [-0.3, -0.25) is 4.79 Å². The van der Waals surface area contributed by atoms with Crippen molar-refractivity contribution in [1.29, 1.82) is 0 Å². The van der Waals surface area contributed by atoms with Crippen molar-refractivity contribution in [3.8, 4) is 0 Å². The van der Waals surface area contributed by atoms with Gasteiger partial charge in [-0.15, -0.1) is 12.4 Å². The van der Waals surface area contributed by atoms with Crippen LogP contribution in [0.3, 0.4) is 0 Å². The lowest BCUT2D eigenvalue weighted by Crippen LogP contribution is -1.98. The molecule has 0 heterocycles. The Morgan fingerprint density at radius 3 is 2.33 bits per heavy atom. The first-order chi connectivity index (χ1) is 3.68. The smallest absolute Gasteiger partial charge is 0.308 e.